The monoisotopic (exact) mass is 402 g/mol. The molecule has 5 atom stereocenters. The summed E-state index contributed by atoms with van der Waals surface area (Å²) < 4.78 is 1.57. The van der Waals surface area contributed by atoms with Crippen LogP contribution in [0.4, 0.5) is 0 Å². The molecule has 1 aromatic heterocycles. The van der Waals surface area contributed by atoms with E-state index >= 15 is 0 Å². The van der Waals surface area contributed by atoms with E-state index < -0.39 is 0 Å². The number of fused-ring (bicyclic) bond motifs is 1. The van der Waals surface area contributed by atoms with Gasteiger partial charge in [0, 0.05) is 24.2 Å². The third kappa shape index (κ3) is 3.40. The lowest BCUT2D eigenvalue weighted by Gasteiger charge is -2.17. The highest BCUT2D eigenvalue weighted by Gasteiger charge is 2.56. The van der Waals surface area contributed by atoms with E-state index in [0.717, 1.165) is 18.4 Å². The molecule has 148 valence electrons. The molecule has 2 aromatic rings. The maximum absolute atomic E-state index is 13.0. The molecule has 1 heterocycles. The summed E-state index contributed by atoms with van der Waals surface area (Å²) in [5.74, 6) is 0.0844. The average Bonchev–Trinajstić information content (AvgIpc) is 3.06. The van der Waals surface area contributed by atoms with Crippen molar-refractivity contribution in [2.45, 2.75) is 38.0 Å². The Morgan fingerprint density at radius 1 is 1.25 bits per heavy atom. The number of carbonyl (C=O) groups is 2. The van der Waals surface area contributed by atoms with E-state index in [-0.39, 0.29) is 35.7 Å². The Balaban J connectivity index is 1.61. The van der Waals surface area contributed by atoms with Crippen LogP contribution in [0.1, 0.15) is 52.3 Å². The number of halogens is 1. The number of aliphatic hydroxyl groups is 1. The summed E-state index contributed by atoms with van der Waals surface area (Å²) in [5.41, 5.74) is 1.41. The summed E-state index contributed by atoms with van der Waals surface area (Å²) in [6.07, 6.45) is 1.21. The first-order chi connectivity index (χ1) is 13.4. The van der Waals surface area contributed by atoms with Crippen LogP contribution in [0.2, 0.25) is 5.02 Å². The molecular formula is C20H23ClN4O3. The Morgan fingerprint density at radius 2 is 1.96 bits per heavy atom. The van der Waals surface area contributed by atoms with Crippen LogP contribution in [-0.2, 0) is 0 Å². The predicted molar refractivity (Wildman–Crippen MR) is 104 cm³/mol. The maximum atomic E-state index is 13.0. The summed E-state index contributed by atoms with van der Waals surface area (Å²) in [7, 11) is 1.53. The molecule has 2 saturated carbocycles. The number of nitrogens with zero attached hydrogens (tertiary/aromatic N) is 2. The highest BCUT2D eigenvalue weighted by molar-refractivity contribution is 6.30. The van der Waals surface area contributed by atoms with Crippen LogP contribution in [0.15, 0.2) is 30.3 Å². The zero-order valence-electron chi connectivity index (χ0n) is 15.7. The molecule has 0 spiro atoms. The molecule has 0 aliphatic heterocycles. The Bertz CT molecular complexity index is 916. The topological polar surface area (TPSA) is 96.3 Å². The van der Waals surface area contributed by atoms with Crippen LogP contribution in [-0.4, -0.2) is 45.9 Å². The molecule has 4 rings (SSSR count). The smallest absolute Gasteiger partial charge is 0.271 e. The van der Waals surface area contributed by atoms with Gasteiger partial charge in [0.25, 0.3) is 11.8 Å². The van der Waals surface area contributed by atoms with E-state index in [0.29, 0.717) is 22.6 Å². The number of amides is 2. The van der Waals surface area contributed by atoms with Crippen LogP contribution in [0, 0.1) is 11.8 Å². The van der Waals surface area contributed by atoms with Crippen molar-refractivity contribution >= 4 is 23.4 Å². The van der Waals surface area contributed by atoms with Crippen molar-refractivity contribution in [3.8, 4) is 0 Å². The average molecular weight is 403 g/mol. The van der Waals surface area contributed by atoms with E-state index in [1.807, 2.05) is 25.1 Å². The highest BCUT2D eigenvalue weighted by atomic mass is 35.5. The minimum atomic E-state index is -0.350. The van der Waals surface area contributed by atoms with Crippen molar-refractivity contribution < 1.29 is 14.7 Å². The number of nitrogens with one attached hydrogen (secondary N) is 2. The lowest BCUT2D eigenvalue weighted by molar-refractivity contribution is 0.0923. The van der Waals surface area contributed by atoms with Crippen molar-refractivity contribution in [3.05, 3.63) is 52.3 Å². The number of carbonyl (C=O) groups excluding carboxylic acids is 2. The van der Waals surface area contributed by atoms with Crippen LogP contribution in [0.5, 0.6) is 0 Å². The normalized spacial score (nSPS) is 26.4. The van der Waals surface area contributed by atoms with Gasteiger partial charge < -0.3 is 15.7 Å². The van der Waals surface area contributed by atoms with Gasteiger partial charge >= 0.3 is 0 Å². The van der Waals surface area contributed by atoms with Gasteiger partial charge in [0.05, 0.1) is 12.1 Å². The van der Waals surface area contributed by atoms with Gasteiger partial charge in [-0.05, 0) is 49.3 Å². The number of hydrogen-bond donors (Lipinski definition) is 3. The Labute approximate surface area is 168 Å². The first-order valence-electron chi connectivity index (χ1n) is 9.45. The van der Waals surface area contributed by atoms with Gasteiger partial charge in [0.1, 0.15) is 5.69 Å². The summed E-state index contributed by atoms with van der Waals surface area (Å²) in [5, 5.41) is 20.2. The molecule has 0 bridgehead atoms. The van der Waals surface area contributed by atoms with Gasteiger partial charge in [-0.15, -0.1) is 0 Å². The molecule has 0 unspecified atom stereocenters. The van der Waals surface area contributed by atoms with Crippen LogP contribution < -0.4 is 10.6 Å². The minimum absolute atomic E-state index is 0.0872. The summed E-state index contributed by atoms with van der Waals surface area (Å²) in [4.78, 5) is 25.0. The van der Waals surface area contributed by atoms with Crippen molar-refractivity contribution in [1.29, 1.82) is 0 Å². The molecule has 2 fully saturated rings. The molecule has 0 saturated heterocycles. The lowest BCUT2D eigenvalue weighted by Crippen LogP contribution is -2.32. The third-order valence-corrected chi connectivity index (χ3v) is 6.08. The standard InChI is InChI=1S/C20H23ClN4O3/c1-10(11-4-3-5-12(21)6-11)25-17(9-16(24-25)19(27)22-2)20(28)23-18-14-7-13(26)8-15(14)18/h3-6,9-10,13-15,18,26H,7-8H2,1-2H3,(H,22,27)(H,23,28)/t10-,13-,14-,15+,18+/m0/s1. The van der Waals surface area contributed by atoms with Gasteiger partial charge in [-0.25, -0.2) is 0 Å². The fourth-order valence-electron chi connectivity index (χ4n) is 4.26. The number of hydrogen-bond acceptors (Lipinski definition) is 4. The van der Waals surface area contributed by atoms with Crippen molar-refractivity contribution in [2.24, 2.45) is 11.8 Å². The van der Waals surface area contributed by atoms with Gasteiger partial charge in [-0.2, -0.15) is 5.10 Å². The molecule has 0 radical (unpaired) electrons. The van der Waals surface area contributed by atoms with E-state index in [2.05, 4.69) is 15.7 Å². The van der Waals surface area contributed by atoms with E-state index in [1.165, 1.54) is 13.1 Å². The fourth-order valence-corrected chi connectivity index (χ4v) is 4.46. The second kappa shape index (κ2) is 7.22. The molecule has 1 aromatic carbocycles. The molecule has 2 aliphatic rings. The summed E-state index contributed by atoms with van der Waals surface area (Å²) in [6.45, 7) is 1.91. The highest BCUT2D eigenvalue weighted by Crippen LogP contribution is 2.52. The number of aliphatic hydroxyl groups excluding tert-OH is 1. The van der Waals surface area contributed by atoms with Crippen molar-refractivity contribution in [3.63, 3.8) is 0 Å². The van der Waals surface area contributed by atoms with Crippen LogP contribution >= 0.6 is 11.6 Å². The molecular weight excluding hydrogens is 380 g/mol. The minimum Gasteiger partial charge on any atom is -0.393 e. The zero-order valence-corrected chi connectivity index (χ0v) is 16.5. The second-order valence-corrected chi connectivity index (χ2v) is 8.06. The van der Waals surface area contributed by atoms with Gasteiger partial charge in [0.15, 0.2) is 5.69 Å². The molecule has 2 aliphatic carbocycles. The number of benzene rings is 1. The third-order valence-electron chi connectivity index (χ3n) is 5.84. The Hall–Kier alpha value is -2.38. The van der Waals surface area contributed by atoms with Crippen LogP contribution in [0.25, 0.3) is 0 Å². The largest absolute Gasteiger partial charge is 0.393 e. The predicted octanol–water partition coefficient (Wildman–Crippen LogP) is 2.00. The number of aromatic nitrogens is 2. The number of rotatable bonds is 5. The van der Waals surface area contributed by atoms with E-state index in [1.54, 1.807) is 10.7 Å². The van der Waals surface area contributed by atoms with Gasteiger partial charge in [0.2, 0.25) is 0 Å². The first-order valence-corrected chi connectivity index (χ1v) is 9.83. The fraction of sp³-hybridized carbons (Fsp3) is 0.450. The van der Waals surface area contributed by atoms with Gasteiger partial charge in [-0.3, -0.25) is 14.3 Å². The van der Waals surface area contributed by atoms with E-state index in [9.17, 15) is 14.7 Å². The Kier molecular flexibility index (Phi) is 4.89. The van der Waals surface area contributed by atoms with Crippen molar-refractivity contribution in [2.75, 3.05) is 7.05 Å². The molecule has 3 N–H and O–H groups in total. The van der Waals surface area contributed by atoms with Gasteiger partial charge in [-0.1, -0.05) is 23.7 Å². The summed E-state index contributed by atoms with van der Waals surface area (Å²) in [6, 6.07) is 8.68. The molecule has 7 nitrogen and oxygen atoms in total. The second-order valence-electron chi connectivity index (χ2n) is 7.62. The molecule has 8 heteroatoms. The zero-order chi connectivity index (χ0) is 20.0. The Morgan fingerprint density at radius 3 is 2.61 bits per heavy atom. The van der Waals surface area contributed by atoms with Crippen molar-refractivity contribution in [1.82, 2.24) is 20.4 Å². The van der Waals surface area contributed by atoms with E-state index in [4.69, 9.17) is 11.6 Å². The first kappa shape index (κ1) is 19.0. The summed E-state index contributed by atoms with van der Waals surface area (Å²) >= 11 is 6.11. The maximum Gasteiger partial charge on any atom is 0.271 e. The molecule has 28 heavy (non-hydrogen) atoms. The van der Waals surface area contributed by atoms with Crippen LogP contribution in [0.3, 0.4) is 0 Å². The molecule has 2 amide bonds. The lowest BCUT2D eigenvalue weighted by atomic mass is 10.1. The quantitative estimate of drug-likeness (QED) is 0.712. The SMILES string of the molecule is CNC(=O)c1cc(C(=O)N[C@H]2[C@@H]3C[C@@H](O)C[C@@H]32)n([C@@H](C)c2cccc(Cl)c2)n1.